The van der Waals surface area contributed by atoms with Crippen molar-refractivity contribution in [2.75, 3.05) is 21.3 Å². The van der Waals surface area contributed by atoms with E-state index >= 15 is 0 Å². The number of benzene rings is 1. The van der Waals surface area contributed by atoms with Gasteiger partial charge in [0, 0.05) is 12.4 Å². The number of hydrogen-bond acceptors (Lipinski definition) is 4. The SMILES string of the molecule is CNC(c1cnccc1C)c1c(OC)cccc1OC. The van der Waals surface area contributed by atoms with Gasteiger partial charge in [-0.05, 0) is 43.3 Å². The van der Waals surface area contributed by atoms with E-state index in [2.05, 4.69) is 17.2 Å². The lowest BCUT2D eigenvalue weighted by molar-refractivity contribution is 0.378. The van der Waals surface area contributed by atoms with Crippen molar-refractivity contribution in [3.8, 4) is 11.5 Å². The molecule has 1 atom stereocenters. The molecule has 2 rings (SSSR count). The average molecular weight is 272 g/mol. The monoisotopic (exact) mass is 272 g/mol. The molecule has 0 aliphatic carbocycles. The number of aryl methyl sites for hydroxylation is 1. The zero-order valence-electron chi connectivity index (χ0n) is 12.3. The van der Waals surface area contributed by atoms with Crippen LogP contribution in [-0.4, -0.2) is 26.3 Å². The van der Waals surface area contributed by atoms with E-state index in [1.54, 1.807) is 20.4 Å². The van der Waals surface area contributed by atoms with Crippen LogP contribution in [0.4, 0.5) is 0 Å². The van der Waals surface area contributed by atoms with Crippen LogP contribution in [0.2, 0.25) is 0 Å². The fraction of sp³-hybridized carbons (Fsp3) is 0.312. The lowest BCUT2D eigenvalue weighted by atomic mass is 9.95. The van der Waals surface area contributed by atoms with Crippen molar-refractivity contribution in [1.82, 2.24) is 10.3 Å². The maximum absolute atomic E-state index is 5.49. The fourth-order valence-corrected chi connectivity index (χ4v) is 2.40. The lowest BCUT2D eigenvalue weighted by Crippen LogP contribution is -2.20. The summed E-state index contributed by atoms with van der Waals surface area (Å²) < 4.78 is 11.0. The smallest absolute Gasteiger partial charge is 0.127 e. The molecule has 1 heterocycles. The van der Waals surface area contributed by atoms with E-state index in [-0.39, 0.29) is 6.04 Å². The number of hydrogen-bond donors (Lipinski definition) is 1. The highest BCUT2D eigenvalue weighted by Gasteiger charge is 2.22. The summed E-state index contributed by atoms with van der Waals surface area (Å²) in [4.78, 5) is 4.23. The number of nitrogens with one attached hydrogen (secondary N) is 1. The Labute approximate surface area is 119 Å². The minimum atomic E-state index is -0.0326. The van der Waals surface area contributed by atoms with Crippen LogP contribution in [-0.2, 0) is 0 Å². The zero-order chi connectivity index (χ0) is 14.5. The van der Waals surface area contributed by atoms with Crippen molar-refractivity contribution < 1.29 is 9.47 Å². The number of aromatic nitrogens is 1. The van der Waals surface area contributed by atoms with E-state index in [1.807, 2.05) is 37.5 Å². The van der Waals surface area contributed by atoms with Crippen molar-refractivity contribution in [1.29, 1.82) is 0 Å². The Bertz CT molecular complexity index is 562. The number of nitrogens with zero attached hydrogens (tertiary/aromatic N) is 1. The van der Waals surface area contributed by atoms with E-state index in [0.717, 1.165) is 22.6 Å². The summed E-state index contributed by atoms with van der Waals surface area (Å²) in [5, 5.41) is 3.32. The molecule has 1 aromatic carbocycles. The van der Waals surface area contributed by atoms with Crippen molar-refractivity contribution in [2.24, 2.45) is 0 Å². The Morgan fingerprint density at radius 1 is 1.10 bits per heavy atom. The Balaban J connectivity index is 2.60. The van der Waals surface area contributed by atoms with Gasteiger partial charge in [-0.1, -0.05) is 6.07 Å². The summed E-state index contributed by atoms with van der Waals surface area (Å²) in [6.45, 7) is 2.07. The minimum absolute atomic E-state index is 0.0326. The molecule has 2 aromatic rings. The van der Waals surface area contributed by atoms with Crippen LogP contribution >= 0.6 is 0 Å². The maximum Gasteiger partial charge on any atom is 0.127 e. The van der Waals surface area contributed by atoms with Gasteiger partial charge in [0.25, 0.3) is 0 Å². The first-order valence-corrected chi connectivity index (χ1v) is 6.51. The molecule has 1 aromatic heterocycles. The first-order valence-electron chi connectivity index (χ1n) is 6.51. The van der Waals surface area contributed by atoms with Crippen LogP contribution in [0.3, 0.4) is 0 Å². The van der Waals surface area contributed by atoms with Gasteiger partial charge in [0.1, 0.15) is 11.5 Å². The Morgan fingerprint density at radius 3 is 2.25 bits per heavy atom. The van der Waals surface area contributed by atoms with E-state index in [4.69, 9.17) is 9.47 Å². The zero-order valence-corrected chi connectivity index (χ0v) is 12.3. The molecule has 106 valence electrons. The molecule has 0 saturated carbocycles. The van der Waals surface area contributed by atoms with Crippen molar-refractivity contribution in [2.45, 2.75) is 13.0 Å². The molecule has 0 aliphatic rings. The van der Waals surface area contributed by atoms with E-state index in [9.17, 15) is 0 Å². The third-order valence-corrected chi connectivity index (χ3v) is 3.43. The average Bonchev–Trinajstić information content (AvgIpc) is 2.49. The van der Waals surface area contributed by atoms with Crippen LogP contribution in [0, 0.1) is 6.92 Å². The normalized spacial score (nSPS) is 12.0. The highest BCUT2D eigenvalue weighted by atomic mass is 16.5. The summed E-state index contributed by atoms with van der Waals surface area (Å²) in [6.07, 6.45) is 3.67. The predicted molar refractivity (Wildman–Crippen MR) is 79.4 cm³/mol. The van der Waals surface area contributed by atoms with Gasteiger partial charge >= 0.3 is 0 Å². The summed E-state index contributed by atoms with van der Waals surface area (Å²) in [5.74, 6) is 1.60. The summed E-state index contributed by atoms with van der Waals surface area (Å²) in [7, 11) is 5.26. The number of ether oxygens (including phenoxy) is 2. The molecule has 0 amide bonds. The molecule has 0 spiro atoms. The second-order valence-electron chi connectivity index (χ2n) is 4.53. The third kappa shape index (κ3) is 2.60. The van der Waals surface area contributed by atoms with Gasteiger partial charge < -0.3 is 14.8 Å². The number of rotatable bonds is 5. The standard InChI is InChI=1S/C16H20N2O2/c1-11-8-9-18-10-12(11)16(17-2)15-13(19-3)6-5-7-14(15)20-4/h5-10,16-17H,1-4H3. The van der Waals surface area contributed by atoms with E-state index in [0.29, 0.717) is 0 Å². The molecule has 0 bridgehead atoms. The van der Waals surface area contributed by atoms with Crippen LogP contribution in [0.5, 0.6) is 11.5 Å². The van der Waals surface area contributed by atoms with Gasteiger partial charge in [-0.15, -0.1) is 0 Å². The Morgan fingerprint density at radius 2 is 1.75 bits per heavy atom. The van der Waals surface area contributed by atoms with Crippen molar-refractivity contribution in [3.63, 3.8) is 0 Å². The molecule has 0 aliphatic heterocycles. The molecule has 4 nitrogen and oxygen atoms in total. The fourth-order valence-electron chi connectivity index (χ4n) is 2.40. The summed E-state index contributed by atoms with van der Waals surface area (Å²) in [5.41, 5.74) is 3.27. The van der Waals surface area contributed by atoms with Gasteiger partial charge in [-0.2, -0.15) is 0 Å². The molecule has 20 heavy (non-hydrogen) atoms. The maximum atomic E-state index is 5.49. The molecule has 1 unspecified atom stereocenters. The second-order valence-corrected chi connectivity index (χ2v) is 4.53. The van der Waals surface area contributed by atoms with Gasteiger partial charge in [-0.3, -0.25) is 4.98 Å². The van der Waals surface area contributed by atoms with Crippen LogP contribution < -0.4 is 14.8 Å². The number of pyridine rings is 1. The third-order valence-electron chi connectivity index (χ3n) is 3.43. The quantitative estimate of drug-likeness (QED) is 0.909. The molecular formula is C16H20N2O2. The van der Waals surface area contributed by atoms with Gasteiger partial charge in [0.05, 0.1) is 25.8 Å². The Kier molecular flexibility index (Phi) is 4.58. The van der Waals surface area contributed by atoms with E-state index < -0.39 is 0 Å². The molecular weight excluding hydrogens is 252 g/mol. The number of methoxy groups -OCH3 is 2. The van der Waals surface area contributed by atoms with Crippen molar-refractivity contribution in [3.05, 3.63) is 53.3 Å². The second kappa shape index (κ2) is 6.39. The largest absolute Gasteiger partial charge is 0.496 e. The van der Waals surface area contributed by atoms with Crippen LogP contribution in [0.1, 0.15) is 22.7 Å². The van der Waals surface area contributed by atoms with Gasteiger partial charge in [0.15, 0.2) is 0 Å². The minimum Gasteiger partial charge on any atom is -0.496 e. The lowest BCUT2D eigenvalue weighted by Gasteiger charge is -2.23. The molecule has 1 N–H and O–H groups in total. The van der Waals surface area contributed by atoms with Gasteiger partial charge in [-0.25, -0.2) is 0 Å². The topological polar surface area (TPSA) is 43.4 Å². The Hall–Kier alpha value is -2.07. The van der Waals surface area contributed by atoms with Crippen molar-refractivity contribution >= 4 is 0 Å². The summed E-state index contributed by atoms with van der Waals surface area (Å²) in [6, 6.07) is 7.77. The molecule has 0 fully saturated rings. The highest BCUT2D eigenvalue weighted by molar-refractivity contribution is 5.51. The predicted octanol–water partition coefficient (Wildman–Crippen LogP) is 2.72. The van der Waals surface area contributed by atoms with Gasteiger partial charge in [0.2, 0.25) is 0 Å². The molecule has 0 saturated heterocycles. The summed E-state index contributed by atoms with van der Waals surface area (Å²) >= 11 is 0. The highest BCUT2D eigenvalue weighted by Crippen LogP contribution is 2.37. The van der Waals surface area contributed by atoms with E-state index in [1.165, 1.54) is 5.56 Å². The van der Waals surface area contributed by atoms with Crippen LogP contribution in [0.25, 0.3) is 0 Å². The first-order chi connectivity index (χ1) is 9.72. The molecule has 4 heteroatoms. The molecule has 0 radical (unpaired) electrons. The first kappa shape index (κ1) is 14.3. The van der Waals surface area contributed by atoms with Crippen LogP contribution in [0.15, 0.2) is 36.7 Å².